The Morgan fingerprint density at radius 3 is 2.67 bits per heavy atom. The zero-order valence-corrected chi connectivity index (χ0v) is 13.2. The first-order chi connectivity index (χ1) is 9.93. The molecule has 0 aliphatic carbocycles. The Morgan fingerprint density at radius 2 is 2.05 bits per heavy atom. The van der Waals surface area contributed by atoms with E-state index in [1.165, 1.54) is 25.8 Å². The summed E-state index contributed by atoms with van der Waals surface area (Å²) in [4.78, 5) is 34.3. The highest BCUT2D eigenvalue weighted by Gasteiger charge is 2.14. The Balaban J connectivity index is 2.50. The van der Waals surface area contributed by atoms with Crippen molar-refractivity contribution in [1.29, 1.82) is 0 Å². The van der Waals surface area contributed by atoms with Gasteiger partial charge in [-0.1, -0.05) is 12.1 Å². The molecule has 0 unspecified atom stereocenters. The van der Waals surface area contributed by atoms with Crippen LogP contribution in [0.3, 0.4) is 0 Å². The molecule has 0 aliphatic rings. The zero-order chi connectivity index (χ0) is 15.8. The molecule has 1 rings (SSSR count). The van der Waals surface area contributed by atoms with E-state index < -0.39 is 0 Å². The standard InChI is InChI=1S/C15H19NO4S/c1-10(17)12-5-4-6-13(9-12)16-15(19)11(2)21-8-7-14(18)20-3/h4-6,9,11H,7-8H2,1-3H3,(H,16,19)/t11-/m0/s1. The molecule has 1 aromatic rings. The molecule has 1 amide bonds. The number of esters is 1. The summed E-state index contributed by atoms with van der Waals surface area (Å²) in [6, 6.07) is 6.80. The van der Waals surface area contributed by atoms with Crippen LogP contribution in [0.15, 0.2) is 24.3 Å². The minimum absolute atomic E-state index is 0.0494. The summed E-state index contributed by atoms with van der Waals surface area (Å²) in [7, 11) is 1.34. The number of nitrogens with one attached hydrogen (secondary N) is 1. The quantitative estimate of drug-likeness (QED) is 0.619. The molecule has 21 heavy (non-hydrogen) atoms. The number of thioether (sulfide) groups is 1. The Morgan fingerprint density at radius 1 is 1.33 bits per heavy atom. The smallest absolute Gasteiger partial charge is 0.306 e. The number of rotatable bonds is 7. The van der Waals surface area contributed by atoms with Gasteiger partial charge in [-0.2, -0.15) is 0 Å². The molecule has 0 saturated heterocycles. The molecule has 0 aromatic heterocycles. The van der Waals surface area contributed by atoms with Crippen LogP contribution in [0.2, 0.25) is 0 Å². The van der Waals surface area contributed by atoms with Gasteiger partial charge in [0, 0.05) is 17.0 Å². The van der Waals surface area contributed by atoms with E-state index in [-0.39, 0.29) is 29.3 Å². The maximum absolute atomic E-state index is 12.0. The Bertz CT molecular complexity index is 530. The summed E-state index contributed by atoms with van der Waals surface area (Å²) in [5.41, 5.74) is 1.15. The third-order valence-corrected chi connectivity index (χ3v) is 3.96. The molecule has 0 spiro atoms. The van der Waals surface area contributed by atoms with E-state index in [9.17, 15) is 14.4 Å². The fraction of sp³-hybridized carbons (Fsp3) is 0.400. The van der Waals surface area contributed by atoms with Crippen molar-refractivity contribution in [3.8, 4) is 0 Å². The molecule has 0 aliphatic heterocycles. The number of ketones is 1. The number of benzene rings is 1. The van der Waals surface area contributed by atoms with Gasteiger partial charge in [-0.3, -0.25) is 14.4 Å². The largest absolute Gasteiger partial charge is 0.469 e. The van der Waals surface area contributed by atoms with E-state index in [2.05, 4.69) is 10.1 Å². The van der Waals surface area contributed by atoms with E-state index in [0.717, 1.165) is 0 Å². The molecule has 1 atom stereocenters. The molecule has 0 saturated carbocycles. The number of carbonyl (C=O) groups is 3. The lowest BCUT2D eigenvalue weighted by Crippen LogP contribution is -2.23. The van der Waals surface area contributed by atoms with E-state index in [1.54, 1.807) is 31.2 Å². The summed E-state index contributed by atoms with van der Waals surface area (Å²) < 4.78 is 4.54. The predicted molar refractivity (Wildman–Crippen MR) is 83.6 cm³/mol. The molecule has 1 N–H and O–H groups in total. The zero-order valence-electron chi connectivity index (χ0n) is 12.3. The van der Waals surface area contributed by atoms with Crippen LogP contribution < -0.4 is 5.32 Å². The first-order valence-electron chi connectivity index (χ1n) is 6.54. The van der Waals surface area contributed by atoms with Crippen molar-refractivity contribution < 1.29 is 19.1 Å². The second kappa shape index (κ2) is 8.46. The molecule has 6 heteroatoms. The van der Waals surface area contributed by atoms with E-state index in [4.69, 9.17) is 0 Å². The van der Waals surface area contributed by atoms with Crippen molar-refractivity contribution in [2.45, 2.75) is 25.5 Å². The summed E-state index contributed by atoms with van der Waals surface area (Å²) in [5, 5.41) is 2.47. The van der Waals surface area contributed by atoms with E-state index >= 15 is 0 Å². The van der Waals surface area contributed by atoms with Crippen molar-refractivity contribution in [1.82, 2.24) is 0 Å². The van der Waals surface area contributed by atoms with Crippen molar-refractivity contribution in [3.63, 3.8) is 0 Å². The first-order valence-corrected chi connectivity index (χ1v) is 7.59. The van der Waals surface area contributed by atoms with Crippen LogP contribution >= 0.6 is 11.8 Å². The average Bonchev–Trinajstić information content (AvgIpc) is 2.47. The normalized spacial score (nSPS) is 11.6. The van der Waals surface area contributed by atoms with Crippen LogP contribution in [0.25, 0.3) is 0 Å². The maximum atomic E-state index is 12.0. The number of carbonyl (C=O) groups excluding carboxylic acids is 3. The third-order valence-electron chi connectivity index (χ3n) is 2.81. The fourth-order valence-electron chi connectivity index (χ4n) is 1.56. The number of methoxy groups -OCH3 is 1. The average molecular weight is 309 g/mol. The molecule has 1 aromatic carbocycles. The van der Waals surface area contributed by atoms with Gasteiger partial charge >= 0.3 is 5.97 Å². The highest BCUT2D eigenvalue weighted by Crippen LogP contribution is 2.16. The van der Waals surface area contributed by atoms with Gasteiger partial charge in [0.25, 0.3) is 0 Å². The lowest BCUT2D eigenvalue weighted by Gasteiger charge is -2.12. The summed E-state index contributed by atoms with van der Waals surface area (Å²) in [6.07, 6.45) is 0.276. The summed E-state index contributed by atoms with van der Waals surface area (Å²) in [6.45, 7) is 3.25. The molecule has 5 nitrogen and oxygen atoms in total. The second-order valence-electron chi connectivity index (χ2n) is 4.47. The van der Waals surface area contributed by atoms with E-state index in [1.807, 2.05) is 0 Å². The van der Waals surface area contributed by atoms with Crippen molar-refractivity contribution in [2.75, 3.05) is 18.2 Å². The monoisotopic (exact) mass is 309 g/mol. The van der Waals surface area contributed by atoms with Crippen LogP contribution in [0.5, 0.6) is 0 Å². The first kappa shape index (κ1) is 17.2. The van der Waals surface area contributed by atoms with Crippen LogP contribution in [0.1, 0.15) is 30.6 Å². The van der Waals surface area contributed by atoms with Crippen molar-refractivity contribution in [3.05, 3.63) is 29.8 Å². The number of anilines is 1. The fourth-order valence-corrected chi connectivity index (χ4v) is 2.40. The van der Waals surface area contributed by atoms with Gasteiger partial charge in [0.15, 0.2) is 5.78 Å². The molecule has 114 valence electrons. The van der Waals surface area contributed by atoms with Crippen LogP contribution in [0, 0.1) is 0 Å². The van der Waals surface area contributed by atoms with Crippen molar-refractivity contribution >= 4 is 35.1 Å². The second-order valence-corrected chi connectivity index (χ2v) is 5.91. The molecular formula is C15H19NO4S. The van der Waals surface area contributed by atoms with Gasteiger partial charge < -0.3 is 10.1 Å². The topological polar surface area (TPSA) is 72.5 Å². The Labute approximate surface area is 128 Å². The predicted octanol–water partition coefficient (Wildman–Crippen LogP) is 2.51. The SMILES string of the molecule is COC(=O)CCS[C@@H](C)C(=O)Nc1cccc(C(C)=O)c1. The van der Waals surface area contributed by atoms with Gasteiger partial charge in [0.2, 0.25) is 5.91 Å². The van der Waals surface area contributed by atoms with Crippen LogP contribution in [-0.4, -0.2) is 35.8 Å². The molecule has 0 radical (unpaired) electrons. The number of hydrogen-bond acceptors (Lipinski definition) is 5. The van der Waals surface area contributed by atoms with Crippen LogP contribution in [-0.2, 0) is 14.3 Å². The number of ether oxygens (including phenoxy) is 1. The van der Waals surface area contributed by atoms with Gasteiger partial charge in [-0.15, -0.1) is 11.8 Å². The van der Waals surface area contributed by atoms with Crippen molar-refractivity contribution in [2.24, 2.45) is 0 Å². The highest BCUT2D eigenvalue weighted by atomic mass is 32.2. The molecule has 0 bridgehead atoms. The molecular weight excluding hydrogens is 290 g/mol. The lowest BCUT2D eigenvalue weighted by molar-refractivity contribution is -0.140. The number of Topliss-reactive ketones (excluding diaryl/α,β-unsaturated/α-hetero) is 1. The molecule has 0 fully saturated rings. The number of hydrogen-bond donors (Lipinski definition) is 1. The van der Waals surface area contributed by atoms with Gasteiger partial charge in [-0.05, 0) is 26.0 Å². The van der Waals surface area contributed by atoms with Crippen LogP contribution in [0.4, 0.5) is 5.69 Å². The lowest BCUT2D eigenvalue weighted by atomic mass is 10.1. The number of amides is 1. The summed E-state index contributed by atoms with van der Waals surface area (Å²) in [5.74, 6) is 0.0239. The molecule has 0 heterocycles. The Hall–Kier alpha value is -1.82. The van der Waals surface area contributed by atoms with E-state index in [0.29, 0.717) is 17.0 Å². The third kappa shape index (κ3) is 5.99. The minimum Gasteiger partial charge on any atom is -0.469 e. The van der Waals surface area contributed by atoms with Gasteiger partial charge in [0.1, 0.15) is 0 Å². The Kier molecular flexibility index (Phi) is 6.94. The maximum Gasteiger partial charge on any atom is 0.306 e. The minimum atomic E-state index is -0.296. The highest BCUT2D eigenvalue weighted by molar-refractivity contribution is 8.00. The van der Waals surface area contributed by atoms with Gasteiger partial charge in [-0.25, -0.2) is 0 Å². The summed E-state index contributed by atoms with van der Waals surface area (Å²) >= 11 is 1.38. The van der Waals surface area contributed by atoms with Gasteiger partial charge in [0.05, 0.1) is 18.8 Å².